The fourth-order valence-electron chi connectivity index (χ4n) is 1.81. The quantitative estimate of drug-likeness (QED) is 0.455. The fourth-order valence-corrected chi connectivity index (χ4v) is 3.63. The SMILES string of the molecule is O=S(=O)(OCC(Cl)(Cl)Cl)N1C2C=CCCC21. The molecule has 2 aliphatic rings. The van der Waals surface area contributed by atoms with Crippen LogP contribution in [-0.4, -0.2) is 35.2 Å². The van der Waals surface area contributed by atoms with E-state index in [-0.39, 0.29) is 12.1 Å². The number of hydrogen-bond donors (Lipinski definition) is 0. The zero-order chi connectivity index (χ0) is 12.0. The van der Waals surface area contributed by atoms with E-state index in [4.69, 9.17) is 34.8 Å². The van der Waals surface area contributed by atoms with Crippen LogP contribution in [0.1, 0.15) is 12.8 Å². The summed E-state index contributed by atoms with van der Waals surface area (Å²) < 4.78 is 27.7. The number of allylic oxidation sites excluding steroid dienone is 1. The summed E-state index contributed by atoms with van der Waals surface area (Å²) in [4.78, 5) is 0. The van der Waals surface area contributed by atoms with Crippen LogP contribution in [-0.2, 0) is 14.5 Å². The molecule has 92 valence electrons. The summed E-state index contributed by atoms with van der Waals surface area (Å²) >= 11 is 16.3. The number of alkyl halides is 3. The van der Waals surface area contributed by atoms with E-state index in [2.05, 4.69) is 4.18 Å². The van der Waals surface area contributed by atoms with Gasteiger partial charge in [-0.15, -0.1) is 0 Å². The first-order chi connectivity index (χ1) is 7.31. The average Bonchev–Trinajstić information content (AvgIpc) is 2.88. The monoisotopic (exact) mass is 305 g/mol. The molecule has 0 amide bonds. The number of rotatable bonds is 3. The van der Waals surface area contributed by atoms with Crippen LogP contribution < -0.4 is 0 Å². The number of hydrogen-bond acceptors (Lipinski definition) is 3. The first kappa shape index (κ1) is 12.9. The molecule has 3 unspecified atom stereocenters. The van der Waals surface area contributed by atoms with Crippen molar-refractivity contribution < 1.29 is 12.6 Å². The summed E-state index contributed by atoms with van der Waals surface area (Å²) in [6.07, 6.45) is 5.53. The second-order valence-electron chi connectivity index (χ2n) is 3.73. The topological polar surface area (TPSA) is 46.4 Å². The highest BCUT2D eigenvalue weighted by Gasteiger charge is 2.55. The van der Waals surface area contributed by atoms with Crippen LogP contribution in [0.25, 0.3) is 0 Å². The predicted octanol–water partition coefficient (Wildman–Crippen LogP) is 2.02. The first-order valence-electron chi connectivity index (χ1n) is 4.72. The van der Waals surface area contributed by atoms with Crippen molar-refractivity contribution in [3.05, 3.63) is 12.2 Å². The Kier molecular flexibility index (Phi) is 3.47. The van der Waals surface area contributed by atoms with Crippen molar-refractivity contribution in [2.24, 2.45) is 0 Å². The van der Waals surface area contributed by atoms with Crippen molar-refractivity contribution in [3.8, 4) is 0 Å². The van der Waals surface area contributed by atoms with Crippen LogP contribution in [0.5, 0.6) is 0 Å². The number of nitrogens with zero attached hydrogens (tertiary/aromatic N) is 1. The normalized spacial score (nSPS) is 33.6. The highest BCUT2D eigenvalue weighted by Crippen LogP contribution is 2.40. The lowest BCUT2D eigenvalue weighted by Gasteiger charge is -2.11. The maximum atomic E-state index is 11.7. The van der Waals surface area contributed by atoms with Crippen LogP contribution in [0.2, 0.25) is 0 Å². The molecule has 1 saturated heterocycles. The van der Waals surface area contributed by atoms with Gasteiger partial charge < -0.3 is 0 Å². The third kappa shape index (κ3) is 2.83. The minimum absolute atomic E-state index is 0.0189. The molecular weight excluding hydrogens is 297 g/mol. The summed E-state index contributed by atoms with van der Waals surface area (Å²) in [5.74, 6) is 0. The molecule has 0 aromatic heterocycles. The lowest BCUT2D eigenvalue weighted by molar-refractivity contribution is 0.303. The molecule has 0 N–H and O–H groups in total. The molecule has 0 radical (unpaired) electrons. The summed E-state index contributed by atoms with van der Waals surface area (Å²) in [6, 6.07) is -0.0560. The van der Waals surface area contributed by atoms with Crippen LogP contribution in [0.3, 0.4) is 0 Å². The standard InChI is InChI=1S/C8H10Cl3NO3S/c9-8(10,11)5-15-16(13,14)12-6-3-1-2-4-7(6)12/h1,3,6-7H,2,4-5H2. The van der Waals surface area contributed by atoms with Gasteiger partial charge in [0.25, 0.3) is 0 Å². The number of fused-ring (bicyclic) bond motifs is 1. The molecule has 3 atom stereocenters. The van der Waals surface area contributed by atoms with Crippen LogP contribution in [0, 0.1) is 0 Å². The molecule has 4 nitrogen and oxygen atoms in total. The molecule has 16 heavy (non-hydrogen) atoms. The van der Waals surface area contributed by atoms with Gasteiger partial charge in [0.15, 0.2) is 0 Å². The third-order valence-electron chi connectivity index (χ3n) is 2.52. The van der Waals surface area contributed by atoms with Crippen molar-refractivity contribution in [3.63, 3.8) is 0 Å². The summed E-state index contributed by atoms with van der Waals surface area (Å²) in [5.41, 5.74) is 0. The molecule has 0 bridgehead atoms. The van der Waals surface area contributed by atoms with Crippen molar-refractivity contribution >= 4 is 45.1 Å². The van der Waals surface area contributed by atoms with Crippen molar-refractivity contribution in [2.45, 2.75) is 28.7 Å². The van der Waals surface area contributed by atoms with E-state index >= 15 is 0 Å². The van der Waals surface area contributed by atoms with E-state index in [0.717, 1.165) is 12.8 Å². The Hall–Kier alpha value is 0.480. The Morgan fingerprint density at radius 2 is 2.12 bits per heavy atom. The van der Waals surface area contributed by atoms with Crippen LogP contribution in [0.4, 0.5) is 0 Å². The van der Waals surface area contributed by atoms with Crippen molar-refractivity contribution in [2.75, 3.05) is 6.61 Å². The van der Waals surface area contributed by atoms with E-state index in [0.29, 0.717) is 0 Å². The molecule has 2 rings (SSSR count). The summed E-state index contributed by atoms with van der Waals surface area (Å²) in [5, 5.41) is 0. The molecule has 0 aromatic rings. The van der Waals surface area contributed by atoms with Crippen LogP contribution >= 0.6 is 34.8 Å². The largest absolute Gasteiger partial charge is 0.339 e. The first-order valence-corrected chi connectivity index (χ1v) is 7.22. The van der Waals surface area contributed by atoms with E-state index in [1.165, 1.54) is 4.31 Å². The average molecular weight is 307 g/mol. The van der Waals surface area contributed by atoms with E-state index in [1.54, 1.807) is 0 Å². The van der Waals surface area contributed by atoms with Crippen molar-refractivity contribution in [1.29, 1.82) is 0 Å². The highest BCUT2D eigenvalue weighted by atomic mass is 35.6. The Morgan fingerprint density at radius 3 is 2.62 bits per heavy atom. The lowest BCUT2D eigenvalue weighted by atomic mass is 10.1. The van der Waals surface area contributed by atoms with Gasteiger partial charge in [-0.3, -0.25) is 4.18 Å². The predicted molar refractivity (Wildman–Crippen MR) is 63.0 cm³/mol. The van der Waals surface area contributed by atoms with Gasteiger partial charge in [-0.1, -0.05) is 47.0 Å². The molecule has 1 aliphatic heterocycles. The van der Waals surface area contributed by atoms with Gasteiger partial charge in [-0.05, 0) is 12.8 Å². The van der Waals surface area contributed by atoms with Gasteiger partial charge in [0.2, 0.25) is 3.79 Å². The van der Waals surface area contributed by atoms with Gasteiger partial charge in [-0.2, -0.15) is 12.7 Å². The molecule has 0 spiro atoms. The minimum atomic E-state index is -3.77. The van der Waals surface area contributed by atoms with Gasteiger partial charge in [-0.25, -0.2) is 0 Å². The Labute approximate surface area is 109 Å². The molecule has 0 aromatic carbocycles. The minimum Gasteiger partial charge on any atom is -0.253 e. The zero-order valence-electron chi connectivity index (χ0n) is 8.14. The molecule has 1 fully saturated rings. The van der Waals surface area contributed by atoms with Gasteiger partial charge in [0, 0.05) is 6.04 Å². The third-order valence-corrected chi connectivity index (χ3v) is 4.29. The summed E-state index contributed by atoms with van der Waals surface area (Å²) in [6.45, 7) is -0.473. The van der Waals surface area contributed by atoms with Crippen LogP contribution in [0.15, 0.2) is 12.2 Å². The van der Waals surface area contributed by atoms with E-state index in [1.807, 2.05) is 12.2 Å². The molecule has 1 heterocycles. The highest BCUT2D eigenvalue weighted by molar-refractivity contribution is 7.84. The molecular formula is C8H10Cl3NO3S. The maximum absolute atomic E-state index is 11.7. The summed E-state index contributed by atoms with van der Waals surface area (Å²) in [7, 11) is -3.77. The number of halogens is 3. The second-order valence-corrected chi connectivity index (χ2v) is 7.76. The maximum Gasteiger partial charge on any atom is 0.339 e. The van der Waals surface area contributed by atoms with Gasteiger partial charge in [0.05, 0.1) is 6.04 Å². The smallest absolute Gasteiger partial charge is 0.253 e. The molecule has 8 heteroatoms. The zero-order valence-corrected chi connectivity index (χ0v) is 11.2. The Morgan fingerprint density at radius 1 is 1.44 bits per heavy atom. The van der Waals surface area contributed by atoms with E-state index in [9.17, 15) is 8.42 Å². The lowest BCUT2D eigenvalue weighted by Crippen LogP contribution is -2.24. The fraction of sp³-hybridized carbons (Fsp3) is 0.750. The molecule has 1 aliphatic carbocycles. The Bertz CT molecular complexity index is 403. The van der Waals surface area contributed by atoms with Gasteiger partial charge >= 0.3 is 10.3 Å². The second kappa shape index (κ2) is 4.30. The molecule has 0 saturated carbocycles. The van der Waals surface area contributed by atoms with E-state index < -0.39 is 20.7 Å². The Balaban J connectivity index is 1.97. The van der Waals surface area contributed by atoms with Gasteiger partial charge in [0.1, 0.15) is 6.61 Å². The van der Waals surface area contributed by atoms with Crippen molar-refractivity contribution in [1.82, 2.24) is 4.31 Å².